The first kappa shape index (κ1) is 25.8. The topological polar surface area (TPSA) is 149 Å². The molecule has 10 heteroatoms. The third-order valence-corrected chi connectivity index (χ3v) is 6.12. The minimum atomic E-state index is -1.77. The van der Waals surface area contributed by atoms with Crippen molar-refractivity contribution < 1.29 is 39.8 Å². The van der Waals surface area contributed by atoms with Gasteiger partial charge in [-0.2, -0.15) is 0 Å². The molecule has 1 heterocycles. The van der Waals surface area contributed by atoms with E-state index in [4.69, 9.17) is 14.6 Å². The van der Waals surface area contributed by atoms with Crippen molar-refractivity contribution in [2.24, 2.45) is 0 Å². The van der Waals surface area contributed by atoms with E-state index in [1.54, 1.807) is 12.1 Å². The highest BCUT2D eigenvalue weighted by molar-refractivity contribution is 5.85. The van der Waals surface area contributed by atoms with E-state index in [0.717, 1.165) is 37.7 Å². The number of halogens is 1. The van der Waals surface area contributed by atoms with Crippen LogP contribution in [0.3, 0.4) is 0 Å². The Bertz CT molecular complexity index is 712. The van der Waals surface area contributed by atoms with E-state index in [1.165, 1.54) is 0 Å². The molecule has 176 valence electrons. The van der Waals surface area contributed by atoms with Gasteiger partial charge in [0.25, 0.3) is 0 Å². The first-order valence-electron chi connectivity index (χ1n) is 10.3. The molecule has 1 aliphatic carbocycles. The molecule has 3 unspecified atom stereocenters. The number of carboxylic acid groups (broad SMARTS) is 1. The number of aliphatic hydroxyl groups is 4. The molecule has 2 fully saturated rings. The number of aliphatic hydroxyl groups excluding tert-OH is 3. The van der Waals surface area contributed by atoms with Crippen molar-refractivity contribution in [3.8, 4) is 5.75 Å². The van der Waals surface area contributed by atoms with E-state index in [0.29, 0.717) is 12.3 Å². The zero-order valence-corrected chi connectivity index (χ0v) is 18.2. The first-order chi connectivity index (χ1) is 14.3. The van der Waals surface area contributed by atoms with Crippen LogP contribution in [0.4, 0.5) is 0 Å². The second-order valence-corrected chi connectivity index (χ2v) is 8.20. The van der Waals surface area contributed by atoms with Crippen LogP contribution in [0, 0.1) is 0 Å². The summed E-state index contributed by atoms with van der Waals surface area (Å²) < 4.78 is 10.7. The van der Waals surface area contributed by atoms with E-state index in [1.807, 2.05) is 19.2 Å². The van der Waals surface area contributed by atoms with Gasteiger partial charge in [-0.25, -0.2) is 4.79 Å². The summed E-state index contributed by atoms with van der Waals surface area (Å²) in [4.78, 5) is 11.2. The predicted octanol–water partition coefficient (Wildman–Crippen LogP) is 0.378. The largest absolute Gasteiger partial charge is 0.479 e. The number of carbonyl (C=O) groups is 1. The Morgan fingerprint density at radius 2 is 1.74 bits per heavy atom. The van der Waals surface area contributed by atoms with Crippen LogP contribution >= 0.6 is 12.4 Å². The van der Waals surface area contributed by atoms with Gasteiger partial charge >= 0.3 is 5.97 Å². The molecule has 0 spiro atoms. The van der Waals surface area contributed by atoms with Crippen LogP contribution in [-0.2, 0) is 9.53 Å². The summed E-state index contributed by atoms with van der Waals surface area (Å²) in [7, 11) is 1.84. The maximum Gasteiger partial charge on any atom is 0.335 e. The molecule has 1 aromatic rings. The standard InChI is InChI=1S/C21H31NO8.ClH/c1-22-11-14(21(28)9-3-2-4-10-21)12-5-7-13(8-6-12)29-20-17(25)15(23)16(24)18(30-20)19(26)27;/h5-8,14-18,20,22-25,28H,2-4,9-11H2,1H3,(H,26,27);1H/t14-,15?,16+,17?,18?,20-;/m1./s1. The molecule has 9 nitrogen and oxygen atoms in total. The Balaban J connectivity index is 0.00000341. The smallest absolute Gasteiger partial charge is 0.335 e. The molecule has 0 radical (unpaired) electrons. The monoisotopic (exact) mass is 461 g/mol. The van der Waals surface area contributed by atoms with Crippen molar-refractivity contribution in [2.75, 3.05) is 13.6 Å². The molecule has 1 aliphatic heterocycles. The van der Waals surface area contributed by atoms with Gasteiger partial charge in [-0.15, -0.1) is 12.4 Å². The summed E-state index contributed by atoms with van der Waals surface area (Å²) in [5.41, 5.74) is 0.159. The third kappa shape index (κ3) is 5.67. The fourth-order valence-corrected chi connectivity index (χ4v) is 4.40. The number of nitrogens with one attached hydrogen (secondary N) is 1. The summed E-state index contributed by atoms with van der Waals surface area (Å²) in [6.45, 7) is 0.617. The van der Waals surface area contributed by atoms with Gasteiger partial charge < -0.3 is 40.3 Å². The van der Waals surface area contributed by atoms with Gasteiger partial charge in [-0.05, 0) is 37.6 Å². The number of rotatable bonds is 7. The summed E-state index contributed by atoms with van der Waals surface area (Å²) in [6, 6.07) is 6.93. The van der Waals surface area contributed by atoms with Gasteiger partial charge in [0.05, 0.1) is 5.60 Å². The highest BCUT2D eigenvalue weighted by Crippen LogP contribution is 2.40. The predicted molar refractivity (Wildman–Crippen MR) is 113 cm³/mol. The average Bonchev–Trinajstić information content (AvgIpc) is 2.73. The molecular weight excluding hydrogens is 430 g/mol. The van der Waals surface area contributed by atoms with Gasteiger partial charge in [0.1, 0.15) is 24.1 Å². The lowest BCUT2D eigenvalue weighted by Gasteiger charge is -2.40. The Morgan fingerprint density at radius 3 is 2.29 bits per heavy atom. The van der Waals surface area contributed by atoms with Gasteiger partial charge in [0, 0.05) is 12.5 Å². The quantitative estimate of drug-likeness (QED) is 0.339. The maximum absolute atomic E-state index is 11.2. The van der Waals surface area contributed by atoms with Crippen molar-refractivity contribution in [3.05, 3.63) is 29.8 Å². The van der Waals surface area contributed by atoms with Gasteiger partial charge in [0.2, 0.25) is 6.29 Å². The van der Waals surface area contributed by atoms with Crippen molar-refractivity contribution in [1.29, 1.82) is 0 Å². The molecule has 1 aromatic carbocycles. The Hall–Kier alpha value is -1.46. The van der Waals surface area contributed by atoms with E-state index in [9.17, 15) is 25.2 Å². The van der Waals surface area contributed by atoms with Gasteiger partial charge in [-0.3, -0.25) is 0 Å². The molecule has 0 bridgehead atoms. The lowest BCUT2D eigenvalue weighted by atomic mass is 9.73. The zero-order chi connectivity index (χ0) is 21.9. The molecule has 0 amide bonds. The summed E-state index contributed by atoms with van der Waals surface area (Å²) in [5, 5.41) is 53.2. The fraction of sp³-hybridized carbons (Fsp3) is 0.667. The Kier molecular flexibility index (Phi) is 9.08. The lowest BCUT2D eigenvalue weighted by Crippen LogP contribution is -2.61. The summed E-state index contributed by atoms with van der Waals surface area (Å²) >= 11 is 0. The van der Waals surface area contributed by atoms with E-state index < -0.39 is 42.3 Å². The molecule has 1 saturated heterocycles. The molecule has 1 saturated carbocycles. The number of likely N-dealkylation sites (N-methyl/N-ethyl adjacent to an activating group) is 1. The third-order valence-electron chi connectivity index (χ3n) is 6.12. The molecular formula is C21H32ClNO8. The van der Waals surface area contributed by atoms with Crippen LogP contribution in [0.2, 0.25) is 0 Å². The fourth-order valence-electron chi connectivity index (χ4n) is 4.40. The zero-order valence-electron chi connectivity index (χ0n) is 17.4. The van der Waals surface area contributed by atoms with E-state index in [2.05, 4.69) is 5.32 Å². The normalized spacial score (nSPS) is 31.3. The Morgan fingerprint density at radius 1 is 1.13 bits per heavy atom. The minimum Gasteiger partial charge on any atom is -0.479 e. The van der Waals surface area contributed by atoms with Crippen LogP contribution in [-0.4, -0.2) is 81.4 Å². The lowest BCUT2D eigenvalue weighted by molar-refractivity contribution is -0.271. The molecule has 31 heavy (non-hydrogen) atoms. The number of carboxylic acids is 1. The summed E-state index contributed by atoms with van der Waals surface area (Å²) in [5.74, 6) is -1.26. The molecule has 6 atom stereocenters. The van der Waals surface area contributed by atoms with E-state index >= 15 is 0 Å². The Labute approximate surface area is 187 Å². The minimum absolute atomic E-state index is 0. The van der Waals surface area contributed by atoms with Crippen LogP contribution in [0.15, 0.2) is 24.3 Å². The number of benzene rings is 1. The highest BCUT2D eigenvalue weighted by Gasteiger charge is 2.48. The van der Waals surface area contributed by atoms with Crippen LogP contribution < -0.4 is 10.1 Å². The van der Waals surface area contributed by atoms with Gasteiger partial charge in [-0.1, -0.05) is 31.4 Å². The van der Waals surface area contributed by atoms with Gasteiger partial charge in [0.15, 0.2) is 6.10 Å². The molecule has 0 aromatic heterocycles. The second-order valence-electron chi connectivity index (χ2n) is 8.20. The molecule has 6 N–H and O–H groups in total. The number of aliphatic carboxylic acids is 1. The number of hydrogen-bond donors (Lipinski definition) is 6. The van der Waals surface area contributed by atoms with Crippen molar-refractivity contribution in [2.45, 2.75) is 74.3 Å². The average molecular weight is 462 g/mol. The SMILES string of the molecule is CNC[C@H](c1ccc(O[C@@H]2OC(C(=O)O)[C@@H](O)C(O)C2O)cc1)C1(O)CCCCC1.Cl. The van der Waals surface area contributed by atoms with Crippen LogP contribution in [0.1, 0.15) is 43.6 Å². The maximum atomic E-state index is 11.2. The van der Waals surface area contributed by atoms with E-state index in [-0.39, 0.29) is 18.3 Å². The number of ether oxygens (including phenoxy) is 2. The van der Waals surface area contributed by atoms with Crippen molar-refractivity contribution in [3.63, 3.8) is 0 Å². The first-order valence-corrected chi connectivity index (χ1v) is 10.3. The van der Waals surface area contributed by atoms with Crippen molar-refractivity contribution >= 4 is 18.4 Å². The molecule has 2 aliphatic rings. The van der Waals surface area contributed by atoms with Crippen LogP contribution in [0.25, 0.3) is 0 Å². The number of hydrogen-bond acceptors (Lipinski definition) is 8. The van der Waals surface area contributed by atoms with Crippen molar-refractivity contribution in [1.82, 2.24) is 5.32 Å². The molecule has 3 rings (SSSR count). The second kappa shape index (κ2) is 10.9. The highest BCUT2D eigenvalue weighted by atomic mass is 35.5. The summed E-state index contributed by atoms with van der Waals surface area (Å²) in [6.07, 6.45) is -3.66. The van der Waals surface area contributed by atoms with Crippen LogP contribution in [0.5, 0.6) is 5.75 Å².